The van der Waals surface area contributed by atoms with Crippen molar-refractivity contribution in [1.29, 1.82) is 0 Å². The summed E-state index contributed by atoms with van der Waals surface area (Å²) >= 11 is 0. The van der Waals surface area contributed by atoms with Crippen molar-refractivity contribution >= 4 is 11.8 Å². The smallest absolute Gasteiger partial charge is 0.330 e. The predicted molar refractivity (Wildman–Crippen MR) is 42.4 cm³/mol. The molecule has 66 valence electrons. The molecule has 0 radical (unpaired) electrons. The zero-order valence-corrected chi connectivity index (χ0v) is 6.53. The minimum atomic E-state index is -1.16. The highest BCUT2D eigenvalue weighted by atomic mass is 16.6. The molecule has 4 nitrogen and oxygen atoms in total. The quantitative estimate of drug-likeness (QED) is 0.459. The number of carbonyl (C=O) groups is 2. The number of aliphatic hydroxyl groups is 1. The first-order valence-electron chi connectivity index (χ1n) is 3.26. The second-order valence-corrected chi connectivity index (χ2v) is 1.92. The van der Waals surface area contributed by atoms with Crippen molar-refractivity contribution in [2.24, 2.45) is 0 Å². The van der Waals surface area contributed by atoms with Crippen LogP contribution in [-0.2, 0) is 14.3 Å². The molecule has 0 bridgehead atoms. The van der Waals surface area contributed by atoms with Crippen molar-refractivity contribution < 1.29 is 19.4 Å². The number of esters is 1. The van der Waals surface area contributed by atoms with E-state index >= 15 is 0 Å². The van der Waals surface area contributed by atoms with Gasteiger partial charge in [-0.05, 0) is 6.08 Å². The molecular weight excluding hydrogens is 160 g/mol. The molecule has 1 atom stereocenters. The highest BCUT2D eigenvalue weighted by molar-refractivity contribution is 5.95. The van der Waals surface area contributed by atoms with Gasteiger partial charge in [-0.2, -0.15) is 0 Å². The van der Waals surface area contributed by atoms with Crippen LogP contribution in [0.2, 0.25) is 0 Å². The summed E-state index contributed by atoms with van der Waals surface area (Å²) in [5.74, 6) is -1.28. The van der Waals surface area contributed by atoms with E-state index in [2.05, 4.69) is 17.9 Å². The van der Waals surface area contributed by atoms with E-state index in [0.29, 0.717) is 0 Å². The number of ketones is 1. The molecule has 0 aliphatic rings. The van der Waals surface area contributed by atoms with E-state index in [9.17, 15) is 9.59 Å². The van der Waals surface area contributed by atoms with Gasteiger partial charge in [0.1, 0.15) is 0 Å². The van der Waals surface area contributed by atoms with E-state index in [1.807, 2.05) is 0 Å². The molecule has 0 amide bonds. The third kappa shape index (κ3) is 3.12. The minimum Gasteiger partial charge on any atom is -0.448 e. The summed E-state index contributed by atoms with van der Waals surface area (Å²) in [6.07, 6.45) is 0.740. The summed E-state index contributed by atoms with van der Waals surface area (Å²) in [6.45, 7) is 5.77. The monoisotopic (exact) mass is 170 g/mol. The first-order chi connectivity index (χ1) is 5.65. The molecule has 1 N–H and O–H groups in total. The Morgan fingerprint density at radius 2 is 2.00 bits per heavy atom. The molecule has 0 saturated heterocycles. The molecule has 0 aliphatic carbocycles. The van der Waals surface area contributed by atoms with E-state index in [4.69, 9.17) is 5.11 Å². The first-order valence-corrected chi connectivity index (χ1v) is 3.26. The Morgan fingerprint density at radius 3 is 2.33 bits per heavy atom. The maximum atomic E-state index is 10.8. The lowest BCUT2D eigenvalue weighted by Gasteiger charge is -2.09. The van der Waals surface area contributed by atoms with Crippen molar-refractivity contribution in [3.05, 3.63) is 25.3 Å². The number of carbonyl (C=O) groups excluding carboxylic acids is 2. The van der Waals surface area contributed by atoms with Crippen molar-refractivity contribution in [2.45, 2.75) is 6.10 Å². The lowest BCUT2D eigenvalue weighted by molar-refractivity contribution is -0.150. The van der Waals surface area contributed by atoms with Crippen LogP contribution in [0.1, 0.15) is 0 Å². The van der Waals surface area contributed by atoms with E-state index in [-0.39, 0.29) is 0 Å². The normalized spacial score (nSPS) is 11.4. The zero-order chi connectivity index (χ0) is 9.56. The number of aliphatic hydroxyl groups excluding tert-OH is 1. The van der Waals surface area contributed by atoms with E-state index in [0.717, 1.165) is 12.2 Å². The van der Waals surface area contributed by atoms with Gasteiger partial charge >= 0.3 is 5.97 Å². The van der Waals surface area contributed by atoms with Crippen LogP contribution in [0.15, 0.2) is 25.3 Å². The first kappa shape index (κ1) is 10.6. The van der Waals surface area contributed by atoms with Gasteiger partial charge in [0.2, 0.25) is 0 Å². The minimum absolute atomic E-state index is 0.535. The zero-order valence-electron chi connectivity index (χ0n) is 6.53. The van der Waals surface area contributed by atoms with Gasteiger partial charge in [0.25, 0.3) is 0 Å². The predicted octanol–water partition coefficient (Wildman–Crippen LogP) is -0.168. The molecule has 0 aliphatic heterocycles. The molecule has 0 saturated carbocycles. The Morgan fingerprint density at radius 1 is 1.42 bits per heavy atom. The van der Waals surface area contributed by atoms with Crippen molar-refractivity contribution in [1.82, 2.24) is 0 Å². The molecule has 0 aromatic rings. The fourth-order valence-corrected chi connectivity index (χ4v) is 0.505. The molecule has 0 aromatic heterocycles. The fraction of sp³-hybridized carbons (Fsp3) is 0.250. The van der Waals surface area contributed by atoms with Gasteiger partial charge in [-0.25, -0.2) is 4.79 Å². The van der Waals surface area contributed by atoms with Crippen LogP contribution in [0.3, 0.4) is 0 Å². The third-order valence-corrected chi connectivity index (χ3v) is 1.11. The maximum Gasteiger partial charge on any atom is 0.330 e. The second kappa shape index (κ2) is 5.26. The number of hydrogen-bond acceptors (Lipinski definition) is 4. The van der Waals surface area contributed by atoms with Crippen molar-refractivity contribution in [2.75, 3.05) is 6.61 Å². The molecule has 4 heteroatoms. The average Bonchev–Trinajstić information content (AvgIpc) is 2.12. The average molecular weight is 170 g/mol. The molecule has 12 heavy (non-hydrogen) atoms. The molecule has 0 heterocycles. The SMILES string of the molecule is C=CC(=O)OC(CO)C(=O)C=C. The van der Waals surface area contributed by atoms with Gasteiger partial charge in [0, 0.05) is 6.08 Å². The summed E-state index contributed by atoms with van der Waals surface area (Å²) in [7, 11) is 0. The van der Waals surface area contributed by atoms with E-state index < -0.39 is 24.5 Å². The molecule has 0 fully saturated rings. The number of ether oxygens (including phenoxy) is 1. The molecule has 0 rings (SSSR count). The standard InChI is InChI=1S/C8H10O4/c1-3-6(10)7(5-9)12-8(11)4-2/h3-4,7,9H,1-2,5H2. The largest absolute Gasteiger partial charge is 0.448 e. The molecule has 0 aromatic carbocycles. The lowest BCUT2D eigenvalue weighted by atomic mass is 10.2. The van der Waals surface area contributed by atoms with Crippen molar-refractivity contribution in [3.63, 3.8) is 0 Å². The number of rotatable bonds is 5. The van der Waals surface area contributed by atoms with Gasteiger partial charge in [-0.1, -0.05) is 13.2 Å². The van der Waals surface area contributed by atoms with E-state index in [1.54, 1.807) is 0 Å². The molecule has 0 spiro atoms. The molecule has 1 unspecified atom stereocenters. The maximum absolute atomic E-state index is 10.8. The summed E-state index contributed by atoms with van der Waals surface area (Å²) in [6, 6.07) is 0. The van der Waals surface area contributed by atoms with Gasteiger partial charge in [-0.3, -0.25) is 4.79 Å². The van der Waals surface area contributed by atoms with Gasteiger partial charge in [-0.15, -0.1) is 0 Å². The lowest BCUT2D eigenvalue weighted by Crippen LogP contribution is -2.28. The van der Waals surface area contributed by atoms with Crippen LogP contribution in [0, 0.1) is 0 Å². The highest BCUT2D eigenvalue weighted by Gasteiger charge is 2.17. The Hall–Kier alpha value is -1.42. The summed E-state index contributed by atoms with van der Waals surface area (Å²) in [4.78, 5) is 21.4. The van der Waals surface area contributed by atoms with E-state index in [1.165, 1.54) is 0 Å². The molecular formula is C8H10O4. The van der Waals surface area contributed by atoms with Crippen LogP contribution in [-0.4, -0.2) is 29.6 Å². The highest BCUT2D eigenvalue weighted by Crippen LogP contribution is 1.95. The Labute approximate surface area is 70.1 Å². The van der Waals surface area contributed by atoms with Crippen LogP contribution >= 0.6 is 0 Å². The summed E-state index contributed by atoms with van der Waals surface area (Å²) in [5.41, 5.74) is 0. The van der Waals surface area contributed by atoms with Gasteiger partial charge in [0.05, 0.1) is 6.61 Å². The Kier molecular flexibility index (Phi) is 4.64. The number of hydrogen-bond donors (Lipinski definition) is 1. The topological polar surface area (TPSA) is 63.6 Å². The van der Waals surface area contributed by atoms with Crippen LogP contribution in [0.4, 0.5) is 0 Å². The Bertz CT molecular complexity index is 207. The van der Waals surface area contributed by atoms with Gasteiger partial charge in [0.15, 0.2) is 11.9 Å². The Balaban J connectivity index is 4.16. The third-order valence-electron chi connectivity index (χ3n) is 1.11. The van der Waals surface area contributed by atoms with Crippen LogP contribution < -0.4 is 0 Å². The summed E-state index contributed by atoms with van der Waals surface area (Å²) < 4.78 is 4.47. The van der Waals surface area contributed by atoms with Crippen LogP contribution in [0.5, 0.6) is 0 Å². The van der Waals surface area contributed by atoms with Gasteiger partial charge < -0.3 is 9.84 Å². The summed E-state index contributed by atoms with van der Waals surface area (Å²) in [5, 5.41) is 8.59. The van der Waals surface area contributed by atoms with Crippen molar-refractivity contribution in [3.8, 4) is 0 Å². The second-order valence-electron chi connectivity index (χ2n) is 1.92. The van der Waals surface area contributed by atoms with Crippen LogP contribution in [0.25, 0.3) is 0 Å². The fourth-order valence-electron chi connectivity index (χ4n) is 0.505.